The van der Waals surface area contributed by atoms with Crippen molar-refractivity contribution in [2.45, 2.75) is 0 Å². The Morgan fingerprint density at radius 1 is 1.33 bits per heavy atom. The second-order valence-electron chi connectivity index (χ2n) is 3.00. The monoisotopic (exact) mass is 221 g/mol. The van der Waals surface area contributed by atoms with Gasteiger partial charge in [-0.25, -0.2) is 4.98 Å². The number of fused-ring (bicyclic) bond motifs is 1. The summed E-state index contributed by atoms with van der Waals surface area (Å²) in [5.74, 6) is 0.602. The molecule has 0 unspecified atom stereocenters. The number of aromatic nitrogens is 1. The lowest BCUT2D eigenvalue weighted by Crippen LogP contribution is -1.90. The van der Waals surface area contributed by atoms with Crippen molar-refractivity contribution in [3.8, 4) is 5.75 Å². The third kappa shape index (κ3) is 1.66. The Kier molecular flexibility index (Phi) is 2.56. The fraction of sp³-hybridized carbons (Fsp3) is 0.0909. The molecule has 0 aliphatic carbocycles. The zero-order chi connectivity index (χ0) is 10.8. The number of rotatable bonds is 2. The van der Waals surface area contributed by atoms with E-state index >= 15 is 0 Å². The second-order valence-corrected chi connectivity index (χ2v) is 3.38. The van der Waals surface area contributed by atoms with Crippen LogP contribution in [0.25, 0.3) is 10.9 Å². The van der Waals surface area contributed by atoms with Crippen LogP contribution in [0.4, 0.5) is 0 Å². The molecule has 2 aromatic rings. The van der Waals surface area contributed by atoms with Gasteiger partial charge in [-0.15, -0.1) is 0 Å². The zero-order valence-electron chi connectivity index (χ0n) is 8.03. The van der Waals surface area contributed by atoms with E-state index in [9.17, 15) is 4.79 Å². The molecule has 0 atom stereocenters. The van der Waals surface area contributed by atoms with Gasteiger partial charge >= 0.3 is 0 Å². The highest BCUT2D eigenvalue weighted by molar-refractivity contribution is 6.36. The van der Waals surface area contributed by atoms with Gasteiger partial charge < -0.3 is 4.74 Å². The summed E-state index contributed by atoms with van der Waals surface area (Å²) in [6, 6.07) is 6.89. The van der Waals surface area contributed by atoms with Crippen molar-refractivity contribution in [3.63, 3.8) is 0 Å². The Morgan fingerprint density at radius 2 is 2.13 bits per heavy atom. The molecule has 0 saturated heterocycles. The SMILES string of the molecule is COc1ccc2nc(C=O)ccc2c1Cl. The summed E-state index contributed by atoms with van der Waals surface area (Å²) < 4.78 is 5.08. The second kappa shape index (κ2) is 3.87. The molecule has 0 N–H and O–H groups in total. The Labute approximate surface area is 91.6 Å². The van der Waals surface area contributed by atoms with Gasteiger partial charge in [0.05, 0.1) is 17.6 Å². The first kappa shape index (κ1) is 9.93. The predicted molar refractivity (Wildman–Crippen MR) is 58.7 cm³/mol. The molecule has 76 valence electrons. The molecule has 0 aliphatic rings. The van der Waals surface area contributed by atoms with Crippen LogP contribution < -0.4 is 4.74 Å². The van der Waals surface area contributed by atoms with Crippen molar-refractivity contribution in [2.24, 2.45) is 0 Å². The lowest BCUT2D eigenvalue weighted by atomic mass is 10.2. The maximum absolute atomic E-state index is 10.5. The summed E-state index contributed by atoms with van der Waals surface area (Å²) in [5, 5.41) is 1.29. The van der Waals surface area contributed by atoms with Crippen LogP contribution in [0, 0.1) is 0 Å². The molecule has 1 aromatic heterocycles. The van der Waals surface area contributed by atoms with Crippen LogP contribution in [0.1, 0.15) is 10.5 Å². The zero-order valence-corrected chi connectivity index (χ0v) is 8.78. The molecular weight excluding hydrogens is 214 g/mol. The lowest BCUT2D eigenvalue weighted by molar-refractivity contribution is 0.111. The molecule has 3 nitrogen and oxygen atoms in total. The van der Waals surface area contributed by atoms with Gasteiger partial charge in [-0.1, -0.05) is 11.6 Å². The summed E-state index contributed by atoms with van der Waals surface area (Å²) in [5.41, 5.74) is 1.08. The van der Waals surface area contributed by atoms with Gasteiger partial charge in [0, 0.05) is 5.39 Å². The van der Waals surface area contributed by atoms with Crippen LogP contribution in [0.2, 0.25) is 5.02 Å². The first-order valence-electron chi connectivity index (χ1n) is 4.34. The first-order chi connectivity index (χ1) is 7.26. The van der Waals surface area contributed by atoms with E-state index in [0.717, 1.165) is 5.39 Å². The molecule has 0 radical (unpaired) electrons. The van der Waals surface area contributed by atoms with E-state index in [1.165, 1.54) is 0 Å². The van der Waals surface area contributed by atoms with E-state index in [-0.39, 0.29) is 0 Å². The van der Waals surface area contributed by atoms with E-state index in [1.807, 2.05) is 0 Å². The van der Waals surface area contributed by atoms with Crippen LogP contribution in [-0.4, -0.2) is 18.4 Å². The molecule has 0 amide bonds. The Hall–Kier alpha value is -1.61. The van der Waals surface area contributed by atoms with Crippen molar-refractivity contribution < 1.29 is 9.53 Å². The molecule has 0 saturated carbocycles. The Bertz CT molecular complexity index is 525. The van der Waals surface area contributed by atoms with Crippen LogP contribution in [0.15, 0.2) is 24.3 Å². The highest BCUT2D eigenvalue weighted by atomic mass is 35.5. The third-order valence-electron chi connectivity index (χ3n) is 2.13. The van der Waals surface area contributed by atoms with Gasteiger partial charge in [-0.3, -0.25) is 4.79 Å². The summed E-state index contributed by atoms with van der Waals surface area (Å²) >= 11 is 6.08. The molecule has 0 aliphatic heterocycles. The van der Waals surface area contributed by atoms with Gasteiger partial charge in [0.15, 0.2) is 6.29 Å². The summed E-state index contributed by atoms with van der Waals surface area (Å²) in [6.07, 6.45) is 0.706. The quantitative estimate of drug-likeness (QED) is 0.732. The number of pyridine rings is 1. The van der Waals surface area contributed by atoms with Gasteiger partial charge in [-0.05, 0) is 24.3 Å². The largest absolute Gasteiger partial charge is 0.495 e. The minimum absolute atomic E-state index is 0.392. The van der Waals surface area contributed by atoms with E-state index in [0.29, 0.717) is 28.3 Å². The van der Waals surface area contributed by atoms with E-state index in [4.69, 9.17) is 16.3 Å². The number of hydrogen-bond acceptors (Lipinski definition) is 3. The Balaban J connectivity index is 2.73. The number of ether oxygens (including phenoxy) is 1. The van der Waals surface area contributed by atoms with E-state index in [2.05, 4.69) is 4.98 Å². The van der Waals surface area contributed by atoms with Crippen LogP contribution in [0.3, 0.4) is 0 Å². The number of methoxy groups -OCH3 is 1. The minimum Gasteiger partial charge on any atom is -0.495 e. The fourth-order valence-electron chi connectivity index (χ4n) is 1.39. The lowest BCUT2D eigenvalue weighted by Gasteiger charge is -2.05. The van der Waals surface area contributed by atoms with Crippen LogP contribution >= 0.6 is 11.6 Å². The number of nitrogens with zero attached hydrogens (tertiary/aromatic N) is 1. The van der Waals surface area contributed by atoms with Crippen molar-refractivity contribution in [2.75, 3.05) is 7.11 Å². The number of carbonyl (C=O) groups is 1. The molecule has 0 bridgehead atoms. The van der Waals surface area contributed by atoms with Crippen LogP contribution in [0.5, 0.6) is 5.75 Å². The number of hydrogen-bond donors (Lipinski definition) is 0. The maximum Gasteiger partial charge on any atom is 0.168 e. The van der Waals surface area contributed by atoms with Crippen molar-refractivity contribution >= 4 is 28.8 Å². The predicted octanol–water partition coefficient (Wildman–Crippen LogP) is 2.71. The highest BCUT2D eigenvalue weighted by Crippen LogP contribution is 2.31. The minimum atomic E-state index is 0.392. The highest BCUT2D eigenvalue weighted by Gasteiger charge is 2.06. The smallest absolute Gasteiger partial charge is 0.168 e. The first-order valence-corrected chi connectivity index (χ1v) is 4.72. The van der Waals surface area contributed by atoms with Gasteiger partial charge in [0.25, 0.3) is 0 Å². The van der Waals surface area contributed by atoms with E-state index < -0.39 is 0 Å². The summed E-state index contributed by atoms with van der Waals surface area (Å²) in [7, 11) is 1.56. The molecule has 4 heteroatoms. The van der Waals surface area contributed by atoms with E-state index in [1.54, 1.807) is 31.4 Å². The fourth-order valence-corrected chi connectivity index (χ4v) is 1.69. The number of benzene rings is 1. The average molecular weight is 222 g/mol. The van der Waals surface area contributed by atoms with Gasteiger partial charge in [0.2, 0.25) is 0 Å². The van der Waals surface area contributed by atoms with Gasteiger partial charge in [-0.2, -0.15) is 0 Å². The molecule has 0 fully saturated rings. The number of aldehydes is 1. The molecule has 1 aromatic carbocycles. The van der Waals surface area contributed by atoms with Crippen LogP contribution in [-0.2, 0) is 0 Å². The van der Waals surface area contributed by atoms with Crippen molar-refractivity contribution in [1.82, 2.24) is 4.98 Å². The standard InChI is InChI=1S/C11H8ClNO2/c1-15-10-5-4-9-8(11(10)12)3-2-7(6-14)13-9/h2-6H,1H3. The number of halogens is 1. The normalized spacial score (nSPS) is 10.3. The molecule has 0 spiro atoms. The topological polar surface area (TPSA) is 39.2 Å². The summed E-state index contributed by atoms with van der Waals surface area (Å²) in [4.78, 5) is 14.7. The summed E-state index contributed by atoms with van der Waals surface area (Å²) in [6.45, 7) is 0. The number of carbonyl (C=O) groups excluding carboxylic acids is 1. The molecule has 1 heterocycles. The molecule has 15 heavy (non-hydrogen) atoms. The third-order valence-corrected chi connectivity index (χ3v) is 2.52. The Morgan fingerprint density at radius 3 is 2.80 bits per heavy atom. The van der Waals surface area contributed by atoms with Crippen molar-refractivity contribution in [1.29, 1.82) is 0 Å². The molecule has 2 rings (SSSR count). The van der Waals surface area contributed by atoms with Gasteiger partial charge in [0.1, 0.15) is 11.4 Å². The maximum atomic E-state index is 10.5. The van der Waals surface area contributed by atoms with Crippen molar-refractivity contribution in [3.05, 3.63) is 35.0 Å². The molecular formula is C11H8ClNO2. The average Bonchev–Trinajstić information content (AvgIpc) is 2.29.